The maximum Gasteiger partial charge on any atom is 0.401 e. The number of rotatable bonds is 6. The van der Waals surface area contributed by atoms with E-state index in [-0.39, 0.29) is 5.75 Å². The molecule has 0 fully saturated rings. The molecular formula is C14H20F3NO2. The zero-order chi connectivity index (χ0) is 15.3. The number of nitrogens with zero attached hydrogens (tertiary/aromatic N) is 1. The van der Waals surface area contributed by atoms with Crippen LogP contribution in [0.1, 0.15) is 31.9 Å². The summed E-state index contributed by atoms with van der Waals surface area (Å²) < 4.78 is 42.8. The topological polar surface area (TPSA) is 32.7 Å². The lowest BCUT2D eigenvalue weighted by Gasteiger charge is -2.30. The highest BCUT2D eigenvalue weighted by molar-refractivity contribution is 5.41. The molecule has 0 spiro atoms. The van der Waals surface area contributed by atoms with Gasteiger partial charge in [-0.2, -0.15) is 13.2 Å². The van der Waals surface area contributed by atoms with Gasteiger partial charge in [-0.15, -0.1) is 0 Å². The highest BCUT2D eigenvalue weighted by Gasteiger charge is 2.33. The van der Waals surface area contributed by atoms with Gasteiger partial charge in [0.2, 0.25) is 0 Å². The molecule has 0 aliphatic carbocycles. The van der Waals surface area contributed by atoms with E-state index in [1.54, 1.807) is 19.1 Å². The van der Waals surface area contributed by atoms with Gasteiger partial charge < -0.3 is 9.84 Å². The lowest BCUT2D eigenvalue weighted by atomic mass is 10.0. The fraction of sp³-hybridized carbons (Fsp3) is 0.571. The van der Waals surface area contributed by atoms with E-state index < -0.39 is 18.8 Å². The maximum atomic E-state index is 12.6. The number of alkyl halides is 3. The zero-order valence-corrected chi connectivity index (χ0v) is 11.9. The highest BCUT2D eigenvalue weighted by Crippen LogP contribution is 2.33. The molecule has 1 atom stereocenters. The van der Waals surface area contributed by atoms with Gasteiger partial charge in [0.15, 0.2) is 0 Å². The summed E-state index contributed by atoms with van der Waals surface area (Å²) in [6.45, 7) is 2.80. The van der Waals surface area contributed by atoms with Crippen LogP contribution in [0.2, 0.25) is 0 Å². The van der Waals surface area contributed by atoms with Crippen molar-refractivity contribution >= 4 is 0 Å². The monoisotopic (exact) mass is 291 g/mol. The van der Waals surface area contributed by atoms with Gasteiger partial charge in [0.05, 0.1) is 13.7 Å². The van der Waals surface area contributed by atoms with Crippen molar-refractivity contribution in [2.45, 2.75) is 32.5 Å². The number of halogens is 3. The molecule has 1 aromatic rings. The normalized spacial score (nSPS) is 13.6. The number of hydrogen-bond donors (Lipinski definition) is 1. The summed E-state index contributed by atoms with van der Waals surface area (Å²) in [6, 6.07) is 4.10. The number of methoxy groups -OCH3 is 1. The average molecular weight is 291 g/mol. The molecule has 0 amide bonds. The fourth-order valence-corrected chi connectivity index (χ4v) is 2.13. The molecule has 0 aliphatic heterocycles. The minimum Gasteiger partial charge on any atom is -0.507 e. The first-order chi connectivity index (χ1) is 9.28. The molecule has 0 saturated carbocycles. The molecule has 3 nitrogen and oxygen atoms in total. The summed E-state index contributed by atoms with van der Waals surface area (Å²) in [5.74, 6) is 0.413. The quantitative estimate of drug-likeness (QED) is 0.866. The van der Waals surface area contributed by atoms with Crippen LogP contribution in [0.15, 0.2) is 18.2 Å². The molecule has 1 N–H and O–H groups in total. The summed E-state index contributed by atoms with van der Waals surface area (Å²) in [6.07, 6.45) is -3.65. The minimum atomic E-state index is -4.26. The molecule has 1 unspecified atom stereocenters. The Labute approximate surface area is 117 Å². The van der Waals surface area contributed by atoms with Crippen molar-refractivity contribution in [1.82, 2.24) is 4.90 Å². The number of hydrogen-bond acceptors (Lipinski definition) is 3. The van der Waals surface area contributed by atoms with Crippen LogP contribution in [0.25, 0.3) is 0 Å². The fourth-order valence-electron chi connectivity index (χ4n) is 2.13. The minimum absolute atomic E-state index is 0.0554. The molecule has 114 valence electrons. The Kier molecular flexibility index (Phi) is 5.68. The Morgan fingerprint density at radius 2 is 2.00 bits per heavy atom. The third-order valence-electron chi connectivity index (χ3n) is 3.13. The number of phenols is 1. The van der Waals surface area contributed by atoms with Crippen LogP contribution in [-0.4, -0.2) is 36.4 Å². The standard InChI is InChI=1S/C14H20F3NO2/c1-4-7-18(9-14(15,16)17)10(2)12-6-5-11(20-3)8-13(12)19/h5-6,8,10,19H,4,7,9H2,1-3H3. The van der Waals surface area contributed by atoms with Gasteiger partial charge in [-0.25, -0.2) is 0 Å². The first-order valence-electron chi connectivity index (χ1n) is 6.46. The molecule has 0 heterocycles. The van der Waals surface area contributed by atoms with E-state index in [9.17, 15) is 18.3 Å². The van der Waals surface area contributed by atoms with Gasteiger partial charge in [0.25, 0.3) is 0 Å². The van der Waals surface area contributed by atoms with E-state index in [0.717, 1.165) is 0 Å². The molecule has 6 heteroatoms. The largest absolute Gasteiger partial charge is 0.507 e. The molecule has 0 saturated heterocycles. The molecule has 0 aromatic heterocycles. The Hall–Kier alpha value is -1.43. The van der Waals surface area contributed by atoms with Crippen LogP contribution in [0.3, 0.4) is 0 Å². The number of benzene rings is 1. The van der Waals surface area contributed by atoms with Crippen LogP contribution < -0.4 is 4.74 Å². The predicted molar refractivity (Wildman–Crippen MR) is 71.0 cm³/mol. The Morgan fingerprint density at radius 1 is 1.35 bits per heavy atom. The lowest BCUT2D eigenvalue weighted by Crippen LogP contribution is -2.36. The molecule has 20 heavy (non-hydrogen) atoms. The second-order valence-electron chi connectivity index (χ2n) is 4.69. The Bertz CT molecular complexity index is 435. The predicted octanol–water partition coefficient (Wildman–Crippen LogP) is 3.74. The van der Waals surface area contributed by atoms with E-state index in [2.05, 4.69) is 0 Å². The number of phenolic OH excluding ortho intramolecular Hbond substituents is 1. The average Bonchev–Trinajstić information content (AvgIpc) is 2.35. The van der Waals surface area contributed by atoms with Crippen LogP contribution in [0.4, 0.5) is 13.2 Å². The van der Waals surface area contributed by atoms with Gasteiger partial charge in [-0.1, -0.05) is 13.0 Å². The molecule has 1 aromatic carbocycles. The molecule has 0 bridgehead atoms. The van der Waals surface area contributed by atoms with Crippen molar-refractivity contribution in [3.05, 3.63) is 23.8 Å². The molecule has 1 rings (SSSR count). The molecule has 0 radical (unpaired) electrons. The summed E-state index contributed by atoms with van der Waals surface area (Å²) in [4.78, 5) is 1.31. The van der Waals surface area contributed by atoms with Crippen molar-refractivity contribution in [2.75, 3.05) is 20.2 Å². The second-order valence-corrected chi connectivity index (χ2v) is 4.69. The first-order valence-corrected chi connectivity index (χ1v) is 6.46. The SMILES string of the molecule is CCCN(CC(F)(F)F)C(C)c1ccc(OC)cc1O. The third kappa shape index (κ3) is 4.59. The van der Waals surface area contributed by atoms with Crippen molar-refractivity contribution in [1.29, 1.82) is 0 Å². The van der Waals surface area contributed by atoms with Gasteiger partial charge in [0.1, 0.15) is 11.5 Å². The smallest absolute Gasteiger partial charge is 0.401 e. The van der Waals surface area contributed by atoms with E-state index in [4.69, 9.17) is 4.74 Å². The highest BCUT2D eigenvalue weighted by atomic mass is 19.4. The Morgan fingerprint density at radius 3 is 2.45 bits per heavy atom. The lowest BCUT2D eigenvalue weighted by molar-refractivity contribution is -0.150. The first kappa shape index (κ1) is 16.6. The third-order valence-corrected chi connectivity index (χ3v) is 3.13. The van der Waals surface area contributed by atoms with Crippen molar-refractivity contribution in [2.24, 2.45) is 0 Å². The van der Waals surface area contributed by atoms with Gasteiger partial charge in [-0.05, 0) is 26.0 Å². The van der Waals surface area contributed by atoms with Crippen molar-refractivity contribution in [3.63, 3.8) is 0 Å². The summed E-state index contributed by atoms with van der Waals surface area (Å²) >= 11 is 0. The van der Waals surface area contributed by atoms with Crippen LogP contribution in [0, 0.1) is 0 Å². The van der Waals surface area contributed by atoms with Gasteiger partial charge in [0, 0.05) is 17.7 Å². The summed E-state index contributed by atoms with van der Waals surface area (Å²) in [5, 5.41) is 9.92. The van der Waals surface area contributed by atoms with E-state index >= 15 is 0 Å². The molecule has 0 aliphatic rings. The van der Waals surface area contributed by atoms with E-state index in [0.29, 0.717) is 24.3 Å². The number of aromatic hydroxyl groups is 1. The maximum absolute atomic E-state index is 12.6. The second kappa shape index (κ2) is 6.83. The van der Waals surface area contributed by atoms with E-state index in [1.807, 2.05) is 6.92 Å². The van der Waals surface area contributed by atoms with Crippen LogP contribution in [-0.2, 0) is 0 Å². The van der Waals surface area contributed by atoms with Crippen LogP contribution >= 0.6 is 0 Å². The number of ether oxygens (including phenoxy) is 1. The summed E-state index contributed by atoms with van der Waals surface area (Å²) in [5.41, 5.74) is 0.462. The van der Waals surface area contributed by atoms with Crippen LogP contribution in [0.5, 0.6) is 11.5 Å². The van der Waals surface area contributed by atoms with Crippen molar-refractivity contribution in [3.8, 4) is 11.5 Å². The molecular weight excluding hydrogens is 271 g/mol. The van der Waals surface area contributed by atoms with Gasteiger partial charge in [-0.3, -0.25) is 4.90 Å². The van der Waals surface area contributed by atoms with Gasteiger partial charge >= 0.3 is 6.18 Å². The van der Waals surface area contributed by atoms with E-state index in [1.165, 1.54) is 18.1 Å². The van der Waals surface area contributed by atoms with Crippen molar-refractivity contribution < 1.29 is 23.0 Å². The zero-order valence-electron chi connectivity index (χ0n) is 11.9. The Balaban J connectivity index is 2.96. The summed E-state index contributed by atoms with van der Waals surface area (Å²) in [7, 11) is 1.46.